The average molecular weight is 713 g/mol. The predicted molar refractivity (Wildman–Crippen MR) is 144 cm³/mol. The van der Waals surface area contributed by atoms with Gasteiger partial charge in [-0.25, -0.2) is 0 Å². The van der Waals surface area contributed by atoms with Crippen molar-refractivity contribution < 1.29 is 62.3 Å². The third-order valence-corrected chi connectivity index (χ3v) is 50.6. The Morgan fingerprint density at radius 3 is 1.73 bits per heavy atom. The molecule has 0 aliphatic carbocycles. The first kappa shape index (κ1) is 27.6. The van der Waals surface area contributed by atoms with Crippen molar-refractivity contribution in [3.8, 4) is 0 Å². The monoisotopic (exact) mass is 712 g/mol. The molecule has 7 aliphatic rings. The van der Waals surface area contributed by atoms with Crippen molar-refractivity contribution in [3.05, 3.63) is 0 Å². The lowest BCUT2D eigenvalue weighted by Crippen LogP contribution is -2.91. The topological polar surface area (TPSA) is 138 Å². The summed E-state index contributed by atoms with van der Waals surface area (Å²) >= 11 is 0. The first-order chi connectivity index (χ1) is 17.0. The molecule has 8 bridgehead atoms. The number of hydrogen-bond acceptors (Lipinski definition) is 15. The van der Waals surface area contributed by atoms with Crippen molar-refractivity contribution >= 4 is 97.8 Å². The fourth-order valence-corrected chi connectivity index (χ4v) is 66.2. The van der Waals surface area contributed by atoms with Crippen molar-refractivity contribution in [1.82, 2.24) is 0 Å². The highest BCUT2D eigenvalue weighted by Gasteiger charge is 2.97. The molecule has 26 heteroatoms. The van der Waals surface area contributed by atoms with E-state index in [2.05, 4.69) is 0 Å². The fraction of sp³-hybridized carbons (Fsp3) is 1.00. The predicted octanol–water partition coefficient (Wildman–Crippen LogP) is -0.928. The molecule has 7 heterocycles. The van der Waals surface area contributed by atoms with E-state index >= 15 is 0 Å². The summed E-state index contributed by atoms with van der Waals surface area (Å²) in [5.41, 5.74) is 0. The number of hydrogen-bond donors (Lipinski definition) is 0. The lowest BCUT2D eigenvalue weighted by atomic mass is 11.6. The highest BCUT2D eigenvalue weighted by Crippen LogP contribution is 2.59. The van der Waals surface area contributed by atoms with E-state index in [9.17, 15) is 0 Å². The van der Waals surface area contributed by atoms with Crippen LogP contribution in [0, 0.1) is 0 Å². The smallest absolute Gasteiger partial charge is 0.418 e. The summed E-state index contributed by atoms with van der Waals surface area (Å²) in [6.45, 7) is 17.5. The molecule has 15 nitrogen and oxygen atoms in total. The van der Waals surface area contributed by atoms with Crippen LogP contribution in [0.2, 0.25) is 58.9 Å². The zero-order chi connectivity index (χ0) is 26.5. The summed E-state index contributed by atoms with van der Waals surface area (Å²) in [6.07, 6.45) is 0. The summed E-state index contributed by atoms with van der Waals surface area (Å²) in [5, 5.41) is -1.73. The molecule has 210 valence electrons. The van der Waals surface area contributed by atoms with E-state index in [0.717, 1.165) is 0 Å². The van der Waals surface area contributed by atoms with Gasteiger partial charge in [0, 0.05) is 13.1 Å². The van der Waals surface area contributed by atoms with E-state index in [1.807, 2.05) is 45.8 Å². The zero-order valence-corrected chi connectivity index (χ0v) is 33.5. The van der Waals surface area contributed by atoms with E-state index in [4.69, 9.17) is 62.3 Å². The number of rotatable bonds is 6. The number of fused-ring (bicyclic) bond motifs is 4. The first-order valence-corrected chi connectivity index (χ1v) is 36.3. The Labute approximate surface area is 228 Å². The minimum absolute atomic E-state index is 0.763. The van der Waals surface area contributed by atoms with Crippen molar-refractivity contribution in [2.45, 2.75) is 69.6 Å². The van der Waals surface area contributed by atoms with Crippen molar-refractivity contribution in [3.63, 3.8) is 0 Å². The minimum atomic E-state index is -4.08. The lowest BCUT2D eigenvalue weighted by molar-refractivity contribution is 0.00460. The zero-order valence-electron chi connectivity index (χ0n) is 22.0. The maximum absolute atomic E-state index is 7.08. The Kier molecular flexibility index (Phi) is 5.99. The van der Waals surface area contributed by atoms with E-state index in [1.54, 1.807) is 13.1 Å². The van der Waals surface area contributed by atoms with E-state index in [1.165, 1.54) is 0 Å². The Morgan fingerprint density at radius 2 is 1.05 bits per heavy atom. The molecule has 0 amide bonds. The maximum atomic E-state index is 7.08. The molecule has 0 aromatic heterocycles. The lowest BCUT2D eigenvalue weighted by Gasteiger charge is -2.59. The van der Waals surface area contributed by atoms with Crippen LogP contribution in [0.3, 0.4) is 0 Å². The van der Waals surface area contributed by atoms with Gasteiger partial charge in [-0.1, -0.05) is 0 Å². The Hall–Kier alpha value is 1.79. The standard InChI is InChI=1S/C11H32O15Si11/c1-27(2)14-33-11-13-36(15-28(3)4)22-32(9)17-30(7)10-12-31(8,19-34(10,20-32)23-33)21-37(24-33,16-29(5)6)26-35(11,18-30)25-36/h10-11,27-29H,1-9H3/t10?,11?,30?,31?,32-,33+,34?,35?,36?,37?/m1/s1. The van der Waals surface area contributed by atoms with Crippen LogP contribution in [0.1, 0.15) is 0 Å². The molecule has 37 heavy (non-hydrogen) atoms. The van der Waals surface area contributed by atoms with Crippen LogP contribution < -0.4 is 0 Å². The van der Waals surface area contributed by atoms with Crippen LogP contribution in [0.4, 0.5) is 0 Å². The van der Waals surface area contributed by atoms with Gasteiger partial charge in [-0.05, 0) is 45.8 Å². The molecule has 7 fully saturated rings. The Bertz CT molecular complexity index is 1030. The quantitative estimate of drug-likeness (QED) is 0.314. The fourth-order valence-electron chi connectivity index (χ4n) is 5.69. The van der Waals surface area contributed by atoms with E-state index < -0.39 is 109 Å². The van der Waals surface area contributed by atoms with Crippen molar-refractivity contribution in [2.75, 3.05) is 0 Å². The summed E-state index contributed by atoms with van der Waals surface area (Å²) < 4.78 is 101. The van der Waals surface area contributed by atoms with Gasteiger partial charge in [-0.15, -0.1) is 0 Å². The van der Waals surface area contributed by atoms with Gasteiger partial charge in [-0.2, -0.15) is 0 Å². The maximum Gasteiger partial charge on any atom is 0.654 e. The molecule has 2 spiro atoms. The second-order valence-electron chi connectivity index (χ2n) is 11.1. The molecule has 0 aromatic rings. The molecule has 0 aromatic carbocycles. The van der Waals surface area contributed by atoms with Gasteiger partial charge in [0.05, 0.1) is 0 Å². The highest BCUT2D eigenvalue weighted by atomic mass is 28.6. The SMILES string of the molecule is C[SiH](C)O[Si]12OC3[Si]4(O1)O[Si]1(O[SiH](C)C)O[Si]5(C)OC6[Si](C)(O4)O[Si@@](C)(O2)O[Si]6(O5)O[Si@]3(O[SiH](C)C)O1. The molecule has 10 atom stereocenters. The Morgan fingerprint density at radius 1 is 0.486 bits per heavy atom. The van der Waals surface area contributed by atoms with Gasteiger partial charge in [0.2, 0.25) is 0 Å². The van der Waals surface area contributed by atoms with E-state index in [0.29, 0.717) is 0 Å². The molecule has 7 rings (SSSR count). The summed E-state index contributed by atoms with van der Waals surface area (Å²) in [5.74, 6) is 0. The summed E-state index contributed by atoms with van der Waals surface area (Å²) in [6, 6.07) is 0. The molecular weight excluding hydrogens is 681 g/mol. The van der Waals surface area contributed by atoms with Gasteiger partial charge >= 0.3 is 70.7 Å². The largest absolute Gasteiger partial charge is 0.654 e. The molecule has 0 N–H and O–H groups in total. The molecular formula is C11H32O15Si11. The summed E-state index contributed by atoms with van der Waals surface area (Å²) in [4.78, 5) is 0. The van der Waals surface area contributed by atoms with Crippen LogP contribution in [-0.4, -0.2) is 109 Å². The van der Waals surface area contributed by atoms with Crippen LogP contribution in [-0.2, 0) is 62.3 Å². The van der Waals surface area contributed by atoms with E-state index in [-0.39, 0.29) is 0 Å². The van der Waals surface area contributed by atoms with Crippen LogP contribution in [0.5, 0.6) is 0 Å². The van der Waals surface area contributed by atoms with Gasteiger partial charge in [0.25, 0.3) is 0 Å². The highest BCUT2D eigenvalue weighted by molar-refractivity contribution is 7.12. The van der Waals surface area contributed by atoms with Crippen molar-refractivity contribution in [2.24, 2.45) is 0 Å². The third-order valence-electron chi connectivity index (χ3n) is 6.29. The van der Waals surface area contributed by atoms with Crippen LogP contribution in [0.15, 0.2) is 0 Å². The van der Waals surface area contributed by atoms with Gasteiger partial charge in [-0.3, -0.25) is 0 Å². The first-order valence-electron chi connectivity index (χ1n) is 12.4. The molecule has 8 unspecified atom stereocenters. The van der Waals surface area contributed by atoms with Gasteiger partial charge in [0.1, 0.15) is 0 Å². The van der Waals surface area contributed by atoms with Gasteiger partial charge < -0.3 is 62.3 Å². The molecule has 0 saturated carbocycles. The van der Waals surface area contributed by atoms with Crippen molar-refractivity contribution in [1.29, 1.82) is 0 Å². The van der Waals surface area contributed by atoms with Crippen LogP contribution in [0.25, 0.3) is 0 Å². The molecule has 7 aliphatic heterocycles. The van der Waals surface area contributed by atoms with Crippen LogP contribution >= 0.6 is 0 Å². The molecule has 0 radical (unpaired) electrons. The second-order valence-corrected chi connectivity index (χ2v) is 43.2. The second kappa shape index (κ2) is 8.03. The minimum Gasteiger partial charge on any atom is -0.418 e. The normalized spacial score (nSPS) is 59.0. The van der Waals surface area contributed by atoms with Gasteiger partial charge in [0.15, 0.2) is 37.8 Å². The average Bonchev–Trinajstić information content (AvgIpc) is 3.10. The summed E-state index contributed by atoms with van der Waals surface area (Å²) in [7, 11) is -35.7. The Balaban J connectivity index is 1.53. The molecule has 7 saturated heterocycles. The third kappa shape index (κ3) is 3.94.